The Labute approximate surface area is 152 Å². The number of carbonyl (C=O) groups excluding carboxylic acids is 1. The van der Waals surface area contributed by atoms with Gasteiger partial charge in [-0.25, -0.2) is 0 Å². The molecule has 0 N–H and O–H groups in total. The number of nitrogens with zero attached hydrogens (tertiary/aromatic N) is 4. The topological polar surface area (TPSA) is 61.5 Å². The first kappa shape index (κ1) is 17.6. The number of likely N-dealkylation sites (N-methyl/N-ethyl adjacent to an activating group) is 1. The molecule has 1 amide bonds. The molecule has 7 heteroatoms. The summed E-state index contributed by atoms with van der Waals surface area (Å²) < 4.78 is 14.4. The maximum Gasteiger partial charge on any atom is 0.259 e. The van der Waals surface area contributed by atoms with Crippen LogP contribution in [0.25, 0.3) is 5.82 Å². The molecule has 1 aromatic carbocycles. The minimum Gasteiger partial charge on any atom is -0.497 e. The Morgan fingerprint density at radius 3 is 2.46 bits per heavy atom. The van der Waals surface area contributed by atoms with Crippen molar-refractivity contribution >= 4 is 5.91 Å². The molecule has 0 aliphatic rings. The van der Waals surface area contributed by atoms with Crippen LogP contribution in [0.4, 0.5) is 0 Å². The van der Waals surface area contributed by atoms with Gasteiger partial charge in [-0.15, -0.1) is 0 Å². The number of benzene rings is 1. The van der Waals surface area contributed by atoms with E-state index in [-0.39, 0.29) is 5.91 Å². The molecule has 3 aromatic rings. The van der Waals surface area contributed by atoms with Crippen LogP contribution in [0, 0.1) is 0 Å². The second kappa shape index (κ2) is 7.77. The van der Waals surface area contributed by atoms with Crippen LogP contribution >= 0.6 is 0 Å². The summed E-state index contributed by atoms with van der Waals surface area (Å²) in [5, 5.41) is 4.23. The van der Waals surface area contributed by atoms with Gasteiger partial charge in [-0.1, -0.05) is 0 Å². The molecule has 0 bridgehead atoms. The van der Waals surface area contributed by atoms with Gasteiger partial charge in [-0.05, 0) is 36.4 Å². The van der Waals surface area contributed by atoms with E-state index in [1.807, 2.05) is 60.4 Å². The molecule has 0 radical (unpaired) electrons. The summed E-state index contributed by atoms with van der Waals surface area (Å²) in [5.41, 5.74) is 0.552. The fourth-order valence-corrected chi connectivity index (χ4v) is 2.64. The predicted octanol–water partition coefficient (Wildman–Crippen LogP) is 2.37. The second-order valence-corrected chi connectivity index (χ2v) is 5.85. The Balaban J connectivity index is 1.61. The minimum absolute atomic E-state index is 0.0971. The van der Waals surface area contributed by atoms with E-state index >= 15 is 0 Å². The standard InChI is InChI=1S/C19H22N4O3/c1-21(12-13-26-16-8-6-15(25-3)7-9-16)19(24)17-14-20-22(2)18(17)23-10-4-5-11-23/h4-11,14H,12-13H2,1-3H3. The van der Waals surface area contributed by atoms with E-state index in [4.69, 9.17) is 9.47 Å². The molecule has 3 rings (SSSR count). The summed E-state index contributed by atoms with van der Waals surface area (Å²) in [7, 11) is 5.20. The van der Waals surface area contributed by atoms with Gasteiger partial charge in [-0.3, -0.25) is 9.48 Å². The Morgan fingerprint density at radius 1 is 1.15 bits per heavy atom. The first-order chi connectivity index (χ1) is 12.6. The smallest absolute Gasteiger partial charge is 0.259 e. The van der Waals surface area contributed by atoms with Gasteiger partial charge >= 0.3 is 0 Å². The Hall–Kier alpha value is -3.22. The van der Waals surface area contributed by atoms with Gasteiger partial charge in [0.1, 0.15) is 29.5 Å². The Bertz CT molecular complexity index is 854. The van der Waals surface area contributed by atoms with Gasteiger partial charge in [-0.2, -0.15) is 5.10 Å². The van der Waals surface area contributed by atoms with Crippen molar-refractivity contribution in [3.05, 3.63) is 60.6 Å². The maximum atomic E-state index is 12.8. The van der Waals surface area contributed by atoms with E-state index in [0.29, 0.717) is 18.7 Å². The van der Waals surface area contributed by atoms with Crippen molar-refractivity contribution in [3.63, 3.8) is 0 Å². The highest BCUT2D eigenvalue weighted by molar-refractivity contribution is 5.96. The van der Waals surface area contributed by atoms with Crippen LogP contribution in [0.1, 0.15) is 10.4 Å². The monoisotopic (exact) mass is 354 g/mol. The number of ether oxygens (including phenoxy) is 2. The number of methoxy groups -OCH3 is 1. The van der Waals surface area contributed by atoms with Crippen molar-refractivity contribution in [1.29, 1.82) is 0 Å². The van der Waals surface area contributed by atoms with Gasteiger partial charge in [0.15, 0.2) is 0 Å². The van der Waals surface area contributed by atoms with Crippen LogP contribution in [0.2, 0.25) is 0 Å². The maximum absolute atomic E-state index is 12.8. The molecular formula is C19H22N4O3. The molecule has 2 heterocycles. The number of aromatic nitrogens is 3. The number of amides is 1. The van der Waals surface area contributed by atoms with E-state index < -0.39 is 0 Å². The number of aryl methyl sites for hydroxylation is 1. The molecule has 0 unspecified atom stereocenters. The number of hydrogen-bond donors (Lipinski definition) is 0. The molecule has 0 spiro atoms. The van der Waals surface area contributed by atoms with Crippen LogP contribution in [0.15, 0.2) is 55.0 Å². The zero-order valence-electron chi connectivity index (χ0n) is 15.1. The first-order valence-corrected chi connectivity index (χ1v) is 8.28. The lowest BCUT2D eigenvalue weighted by molar-refractivity contribution is 0.0773. The third kappa shape index (κ3) is 3.72. The van der Waals surface area contributed by atoms with Gasteiger partial charge in [0, 0.05) is 26.5 Å². The summed E-state index contributed by atoms with van der Waals surface area (Å²) in [4.78, 5) is 14.4. The lowest BCUT2D eigenvalue weighted by Crippen LogP contribution is -2.31. The molecule has 0 saturated carbocycles. The fraction of sp³-hybridized carbons (Fsp3) is 0.263. The highest BCUT2D eigenvalue weighted by Crippen LogP contribution is 2.18. The summed E-state index contributed by atoms with van der Waals surface area (Å²) in [6.07, 6.45) is 5.37. The van der Waals surface area contributed by atoms with Gasteiger partial charge in [0.25, 0.3) is 5.91 Å². The van der Waals surface area contributed by atoms with Crippen molar-refractivity contribution in [2.24, 2.45) is 7.05 Å². The summed E-state index contributed by atoms with van der Waals surface area (Å²) in [6, 6.07) is 11.2. The van der Waals surface area contributed by atoms with E-state index in [1.165, 1.54) is 0 Å². The average molecular weight is 354 g/mol. The third-order valence-electron chi connectivity index (χ3n) is 4.09. The van der Waals surface area contributed by atoms with Crippen LogP contribution in [-0.4, -0.2) is 52.5 Å². The normalized spacial score (nSPS) is 10.6. The number of rotatable bonds is 7. The van der Waals surface area contributed by atoms with Gasteiger partial charge in [0.05, 0.1) is 19.9 Å². The predicted molar refractivity (Wildman–Crippen MR) is 98.0 cm³/mol. The van der Waals surface area contributed by atoms with Crippen LogP contribution < -0.4 is 9.47 Å². The zero-order valence-corrected chi connectivity index (χ0v) is 15.1. The van der Waals surface area contributed by atoms with Crippen LogP contribution in [0.3, 0.4) is 0 Å². The molecule has 0 aliphatic carbocycles. The quantitative estimate of drug-likeness (QED) is 0.654. The molecule has 0 saturated heterocycles. The summed E-state index contributed by atoms with van der Waals surface area (Å²) >= 11 is 0. The van der Waals surface area contributed by atoms with Crippen molar-refractivity contribution in [2.75, 3.05) is 27.3 Å². The van der Waals surface area contributed by atoms with Crippen LogP contribution in [-0.2, 0) is 7.05 Å². The van der Waals surface area contributed by atoms with Gasteiger partial charge < -0.3 is 18.9 Å². The third-order valence-corrected chi connectivity index (χ3v) is 4.09. The van der Waals surface area contributed by atoms with Crippen molar-refractivity contribution < 1.29 is 14.3 Å². The lowest BCUT2D eigenvalue weighted by Gasteiger charge is -2.18. The molecular weight excluding hydrogens is 332 g/mol. The van der Waals surface area contributed by atoms with E-state index in [9.17, 15) is 4.79 Å². The first-order valence-electron chi connectivity index (χ1n) is 8.28. The van der Waals surface area contributed by atoms with Crippen molar-refractivity contribution in [3.8, 4) is 17.3 Å². The molecule has 136 valence electrons. The molecule has 0 fully saturated rings. The average Bonchev–Trinajstić information content (AvgIpc) is 3.30. The fourth-order valence-electron chi connectivity index (χ4n) is 2.64. The summed E-state index contributed by atoms with van der Waals surface area (Å²) in [5.74, 6) is 2.16. The highest BCUT2D eigenvalue weighted by Gasteiger charge is 2.20. The summed E-state index contributed by atoms with van der Waals surface area (Å²) in [6.45, 7) is 0.860. The number of carbonyl (C=O) groups is 1. The molecule has 0 atom stereocenters. The zero-order chi connectivity index (χ0) is 18.5. The molecule has 0 aliphatic heterocycles. The lowest BCUT2D eigenvalue weighted by atomic mass is 10.3. The van der Waals surface area contributed by atoms with Crippen molar-refractivity contribution in [1.82, 2.24) is 19.2 Å². The molecule has 26 heavy (non-hydrogen) atoms. The van der Waals surface area contributed by atoms with Crippen LogP contribution in [0.5, 0.6) is 11.5 Å². The van der Waals surface area contributed by atoms with E-state index in [2.05, 4.69) is 5.10 Å². The van der Waals surface area contributed by atoms with Crippen molar-refractivity contribution in [2.45, 2.75) is 0 Å². The molecule has 2 aromatic heterocycles. The minimum atomic E-state index is -0.0971. The van der Waals surface area contributed by atoms with E-state index in [0.717, 1.165) is 17.3 Å². The Morgan fingerprint density at radius 2 is 1.81 bits per heavy atom. The molecule has 7 nitrogen and oxygen atoms in total. The van der Waals surface area contributed by atoms with E-state index in [1.54, 1.807) is 29.9 Å². The largest absolute Gasteiger partial charge is 0.497 e. The number of hydrogen-bond acceptors (Lipinski definition) is 4. The SMILES string of the molecule is COc1ccc(OCCN(C)C(=O)c2cnn(C)c2-n2cccc2)cc1. The van der Waals surface area contributed by atoms with Gasteiger partial charge in [0.2, 0.25) is 0 Å². The highest BCUT2D eigenvalue weighted by atomic mass is 16.5. The second-order valence-electron chi connectivity index (χ2n) is 5.85. The Kier molecular flexibility index (Phi) is 5.26.